The number of nitrogens with zero attached hydrogens (tertiary/aromatic N) is 2. The number of carboxylic acid groups (broad SMARTS) is 1. The molecule has 134 valence electrons. The van der Waals surface area contributed by atoms with Crippen LogP contribution in [0.1, 0.15) is 12.5 Å². The molecule has 5 nitrogen and oxygen atoms in total. The van der Waals surface area contributed by atoms with Gasteiger partial charge in [0.1, 0.15) is 11.6 Å². The number of carbonyl (C=O) groups is 1. The first-order chi connectivity index (χ1) is 11.6. The van der Waals surface area contributed by atoms with Gasteiger partial charge in [0.05, 0.1) is 11.3 Å². The van der Waals surface area contributed by atoms with Crippen molar-refractivity contribution in [3.63, 3.8) is 0 Å². The number of benzene rings is 1. The predicted molar refractivity (Wildman–Crippen MR) is 86.7 cm³/mol. The van der Waals surface area contributed by atoms with Gasteiger partial charge in [0.2, 0.25) is 0 Å². The summed E-state index contributed by atoms with van der Waals surface area (Å²) in [5, 5.41) is 8.82. The Labute approximate surface area is 142 Å². The van der Waals surface area contributed by atoms with E-state index in [4.69, 9.17) is 9.84 Å². The molecule has 2 aromatic rings. The summed E-state index contributed by atoms with van der Waals surface area (Å²) in [5.41, 5.74) is -0.165. The summed E-state index contributed by atoms with van der Waals surface area (Å²) in [4.78, 5) is 16.5. The normalized spacial score (nSPS) is 12.6. The molecule has 0 unspecified atom stereocenters. The molecule has 0 amide bonds. The monoisotopic (exact) mass is 354 g/mol. The van der Waals surface area contributed by atoms with Crippen molar-refractivity contribution in [3.8, 4) is 17.0 Å². The fourth-order valence-electron chi connectivity index (χ4n) is 2.02. The van der Waals surface area contributed by atoms with Crippen molar-refractivity contribution in [2.75, 3.05) is 19.0 Å². The van der Waals surface area contributed by atoms with Gasteiger partial charge < -0.3 is 14.7 Å². The number of carboxylic acids is 1. The van der Waals surface area contributed by atoms with Gasteiger partial charge in [-0.05, 0) is 43.3 Å². The van der Waals surface area contributed by atoms with Gasteiger partial charge in [0, 0.05) is 19.7 Å². The second kappa shape index (κ2) is 7.00. The van der Waals surface area contributed by atoms with Crippen LogP contribution in [0.5, 0.6) is 5.75 Å². The first-order valence-corrected chi connectivity index (χ1v) is 7.34. The van der Waals surface area contributed by atoms with Crippen molar-refractivity contribution in [2.24, 2.45) is 0 Å². The molecule has 1 N–H and O–H groups in total. The molecule has 0 spiro atoms. The maximum absolute atomic E-state index is 13.1. The lowest BCUT2D eigenvalue weighted by molar-refractivity contribution is -0.144. The topological polar surface area (TPSA) is 62.7 Å². The second-order valence-corrected chi connectivity index (χ2v) is 5.61. The first-order valence-electron chi connectivity index (χ1n) is 7.34. The Hall–Kier alpha value is -2.77. The minimum absolute atomic E-state index is 0.163. The summed E-state index contributed by atoms with van der Waals surface area (Å²) in [5.74, 6) is -0.623. The van der Waals surface area contributed by atoms with E-state index in [9.17, 15) is 18.0 Å². The van der Waals surface area contributed by atoms with E-state index in [1.54, 1.807) is 14.1 Å². The number of pyridine rings is 1. The van der Waals surface area contributed by atoms with Crippen molar-refractivity contribution >= 4 is 11.8 Å². The summed E-state index contributed by atoms with van der Waals surface area (Å²) in [6.45, 7) is 1.38. The van der Waals surface area contributed by atoms with Crippen LogP contribution in [0.2, 0.25) is 0 Å². The quantitative estimate of drug-likeness (QED) is 0.887. The minimum atomic E-state index is -4.48. The van der Waals surface area contributed by atoms with Gasteiger partial charge in [-0.3, -0.25) is 0 Å². The molecule has 8 heteroatoms. The van der Waals surface area contributed by atoms with Crippen LogP contribution < -0.4 is 9.64 Å². The molecular formula is C17H17F3N2O3. The van der Waals surface area contributed by atoms with Crippen LogP contribution in [0.4, 0.5) is 19.0 Å². The van der Waals surface area contributed by atoms with Crippen molar-refractivity contribution in [1.29, 1.82) is 0 Å². The fraction of sp³-hybridized carbons (Fsp3) is 0.294. The minimum Gasteiger partial charge on any atom is -0.479 e. The summed E-state index contributed by atoms with van der Waals surface area (Å²) in [6, 6.07) is 8.01. The summed E-state index contributed by atoms with van der Waals surface area (Å²) >= 11 is 0. The molecule has 0 radical (unpaired) electrons. The van der Waals surface area contributed by atoms with E-state index in [0.29, 0.717) is 11.3 Å². The molecule has 0 aliphatic rings. The van der Waals surface area contributed by atoms with Gasteiger partial charge in [-0.1, -0.05) is 0 Å². The third kappa shape index (κ3) is 4.62. The third-order valence-corrected chi connectivity index (χ3v) is 3.41. The Morgan fingerprint density at radius 1 is 1.20 bits per heavy atom. The van der Waals surface area contributed by atoms with Crippen LogP contribution in [-0.4, -0.2) is 36.3 Å². The average molecular weight is 354 g/mol. The molecule has 0 aliphatic carbocycles. The highest BCUT2D eigenvalue weighted by Gasteiger charge is 2.32. The lowest BCUT2D eigenvalue weighted by Crippen LogP contribution is -2.22. The molecule has 1 aromatic carbocycles. The lowest BCUT2D eigenvalue weighted by Gasteiger charge is -2.16. The average Bonchev–Trinajstić information content (AvgIpc) is 2.54. The van der Waals surface area contributed by atoms with E-state index in [1.807, 2.05) is 0 Å². The van der Waals surface area contributed by atoms with Crippen LogP contribution in [-0.2, 0) is 11.0 Å². The highest BCUT2D eigenvalue weighted by atomic mass is 19.4. The van der Waals surface area contributed by atoms with E-state index in [-0.39, 0.29) is 11.5 Å². The number of anilines is 1. The first kappa shape index (κ1) is 18.6. The maximum Gasteiger partial charge on any atom is 0.416 e. The van der Waals surface area contributed by atoms with Gasteiger partial charge in [-0.15, -0.1) is 0 Å². The van der Waals surface area contributed by atoms with Gasteiger partial charge in [0.15, 0.2) is 6.10 Å². The number of hydrogen-bond donors (Lipinski definition) is 1. The number of aliphatic carboxylic acids is 1. The van der Waals surface area contributed by atoms with Crippen molar-refractivity contribution in [2.45, 2.75) is 19.2 Å². The zero-order valence-electron chi connectivity index (χ0n) is 13.8. The molecular weight excluding hydrogens is 337 g/mol. The summed E-state index contributed by atoms with van der Waals surface area (Å²) in [6.07, 6.45) is -5.51. The molecule has 0 bridgehead atoms. The van der Waals surface area contributed by atoms with Gasteiger partial charge >= 0.3 is 12.1 Å². The second-order valence-electron chi connectivity index (χ2n) is 5.61. The maximum atomic E-state index is 13.1. The molecule has 25 heavy (non-hydrogen) atoms. The highest BCUT2D eigenvalue weighted by Crippen LogP contribution is 2.34. The lowest BCUT2D eigenvalue weighted by atomic mass is 10.1. The van der Waals surface area contributed by atoms with Crippen molar-refractivity contribution in [1.82, 2.24) is 4.98 Å². The number of alkyl halides is 3. The standard InChI is InChI=1S/C17H17F3N2O3/c1-10(16(23)24)25-13-6-4-11(5-7-13)14-8-12(17(18,19)20)9-15(21-14)22(2)3/h4-10H,1-3H3,(H,23,24)/t10-/m1/s1. The van der Waals surface area contributed by atoms with Crippen molar-refractivity contribution < 1.29 is 27.8 Å². The van der Waals surface area contributed by atoms with Gasteiger partial charge in [-0.2, -0.15) is 13.2 Å². The van der Waals surface area contributed by atoms with Gasteiger partial charge in [0.25, 0.3) is 0 Å². The highest BCUT2D eigenvalue weighted by molar-refractivity contribution is 5.72. The number of halogens is 3. The van der Waals surface area contributed by atoms with E-state index in [2.05, 4.69) is 4.98 Å². The van der Waals surface area contributed by atoms with E-state index in [1.165, 1.54) is 36.1 Å². The van der Waals surface area contributed by atoms with Gasteiger partial charge in [-0.25, -0.2) is 9.78 Å². The Kier molecular flexibility index (Phi) is 5.20. The predicted octanol–water partition coefficient (Wildman–Crippen LogP) is 3.69. The largest absolute Gasteiger partial charge is 0.479 e. The van der Waals surface area contributed by atoms with E-state index < -0.39 is 23.8 Å². The zero-order valence-corrected chi connectivity index (χ0v) is 13.8. The Morgan fingerprint density at radius 3 is 2.28 bits per heavy atom. The molecule has 0 aliphatic heterocycles. The molecule has 1 heterocycles. The Morgan fingerprint density at radius 2 is 1.80 bits per heavy atom. The van der Waals surface area contributed by atoms with Crippen LogP contribution in [0, 0.1) is 0 Å². The Bertz CT molecular complexity index is 759. The molecule has 2 rings (SSSR count). The molecule has 0 saturated heterocycles. The number of ether oxygens (including phenoxy) is 1. The molecule has 0 fully saturated rings. The Balaban J connectivity index is 2.37. The molecule has 1 aromatic heterocycles. The fourth-order valence-corrected chi connectivity index (χ4v) is 2.02. The number of aromatic nitrogens is 1. The smallest absolute Gasteiger partial charge is 0.416 e. The van der Waals surface area contributed by atoms with E-state index >= 15 is 0 Å². The number of hydrogen-bond acceptors (Lipinski definition) is 4. The van der Waals surface area contributed by atoms with Crippen LogP contribution in [0.15, 0.2) is 36.4 Å². The zero-order chi connectivity index (χ0) is 18.8. The number of rotatable bonds is 5. The molecule has 1 atom stereocenters. The summed E-state index contributed by atoms with van der Waals surface area (Å²) < 4.78 is 44.5. The van der Waals surface area contributed by atoms with E-state index in [0.717, 1.165) is 12.1 Å². The SMILES string of the molecule is C[C@@H](Oc1ccc(-c2cc(C(F)(F)F)cc(N(C)C)n2)cc1)C(=O)O. The van der Waals surface area contributed by atoms with Crippen molar-refractivity contribution in [3.05, 3.63) is 42.0 Å². The van der Waals surface area contributed by atoms with Crippen LogP contribution in [0.25, 0.3) is 11.3 Å². The van der Waals surface area contributed by atoms with Crippen LogP contribution in [0.3, 0.4) is 0 Å². The molecule has 0 saturated carbocycles. The third-order valence-electron chi connectivity index (χ3n) is 3.41. The summed E-state index contributed by atoms with van der Waals surface area (Å²) in [7, 11) is 3.22. The van der Waals surface area contributed by atoms with Crippen LogP contribution >= 0.6 is 0 Å².